The lowest BCUT2D eigenvalue weighted by molar-refractivity contribution is 0.460. The molecule has 0 saturated carbocycles. The van der Waals surface area contributed by atoms with Crippen LogP contribution in [-0.2, 0) is 16.4 Å². The summed E-state index contributed by atoms with van der Waals surface area (Å²) in [6.45, 7) is 1.99. The summed E-state index contributed by atoms with van der Waals surface area (Å²) in [5.41, 5.74) is 0.448. The summed E-state index contributed by atoms with van der Waals surface area (Å²) >= 11 is 1.27. The quantitative estimate of drug-likeness (QED) is 0.481. The summed E-state index contributed by atoms with van der Waals surface area (Å²) in [6, 6.07) is 13.5. The second-order valence-corrected chi connectivity index (χ2v) is 9.05. The molecule has 0 saturated heterocycles. The van der Waals surface area contributed by atoms with Crippen LogP contribution in [0.25, 0.3) is 5.82 Å². The van der Waals surface area contributed by atoms with Crippen LogP contribution in [0.2, 0.25) is 0 Å². The first kappa shape index (κ1) is 19.1. The van der Waals surface area contributed by atoms with Crippen molar-refractivity contribution >= 4 is 27.0 Å². The van der Waals surface area contributed by atoms with Crippen LogP contribution in [0.15, 0.2) is 71.5 Å². The van der Waals surface area contributed by atoms with Gasteiger partial charge in [0.25, 0.3) is 10.0 Å². The summed E-state index contributed by atoms with van der Waals surface area (Å²) in [6.07, 6.45) is 5.61. The van der Waals surface area contributed by atoms with Gasteiger partial charge in [0.1, 0.15) is 16.3 Å². The molecular weight excluding hydrogens is 410 g/mol. The molecule has 1 N–H and O–H groups in total. The number of thiophene rings is 1. The largest absolute Gasteiger partial charge is 0.439 e. The second-order valence-electron chi connectivity index (χ2n) is 5.97. The lowest BCUT2D eigenvalue weighted by atomic mass is 10.3. The fourth-order valence-corrected chi connectivity index (χ4v) is 4.88. The number of sulfonamides is 1. The minimum Gasteiger partial charge on any atom is -0.439 e. The highest BCUT2D eigenvalue weighted by Gasteiger charge is 2.16. The maximum Gasteiger partial charge on any atom is 0.271 e. The molecule has 0 atom stereocenters. The Hall–Kier alpha value is -3.24. The van der Waals surface area contributed by atoms with Gasteiger partial charge in [-0.3, -0.25) is 4.72 Å². The summed E-state index contributed by atoms with van der Waals surface area (Å²) in [5, 5.41) is 4.12. The third-order valence-corrected chi connectivity index (χ3v) is 7.05. The molecule has 0 amide bonds. The molecule has 0 bridgehead atoms. The Kier molecular flexibility index (Phi) is 5.28. The second kappa shape index (κ2) is 8.02. The first-order chi connectivity index (χ1) is 14.0. The zero-order chi connectivity index (χ0) is 20.3. The zero-order valence-corrected chi connectivity index (χ0v) is 17.0. The Morgan fingerprint density at radius 1 is 1.14 bits per heavy atom. The average molecular weight is 428 g/mol. The molecule has 0 spiro atoms. The molecule has 0 unspecified atom stereocenters. The van der Waals surface area contributed by atoms with E-state index in [9.17, 15) is 8.42 Å². The number of hydrogen-bond acceptors (Lipinski definition) is 7. The molecule has 4 aromatic rings. The van der Waals surface area contributed by atoms with Crippen LogP contribution in [0.4, 0.5) is 5.69 Å². The van der Waals surface area contributed by atoms with Crippen molar-refractivity contribution in [1.29, 1.82) is 0 Å². The van der Waals surface area contributed by atoms with Crippen LogP contribution in [0.3, 0.4) is 0 Å². The normalized spacial score (nSPS) is 11.3. The standard InChI is InChI=1S/C19H17N5O3S2/c1-2-16-8-9-19(28-16)29(25,26)23-14-4-6-15(7-5-14)27-18-12-17(20-13-21-18)24-11-3-10-22-24/h3-13,23H,2H2,1H3. The highest BCUT2D eigenvalue weighted by Crippen LogP contribution is 2.26. The van der Waals surface area contributed by atoms with Crippen LogP contribution in [-0.4, -0.2) is 28.2 Å². The van der Waals surface area contributed by atoms with Crippen molar-refractivity contribution in [3.8, 4) is 17.4 Å². The van der Waals surface area contributed by atoms with Gasteiger partial charge in [0.15, 0.2) is 5.82 Å². The van der Waals surface area contributed by atoms with Crippen molar-refractivity contribution in [1.82, 2.24) is 19.7 Å². The van der Waals surface area contributed by atoms with E-state index >= 15 is 0 Å². The topological polar surface area (TPSA) is 99.0 Å². The van der Waals surface area contributed by atoms with E-state index in [2.05, 4.69) is 19.8 Å². The minimum atomic E-state index is -3.61. The van der Waals surface area contributed by atoms with Crippen LogP contribution >= 0.6 is 11.3 Å². The molecule has 1 aromatic carbocycles. The van der Waals surface area contributed by atoms with E-state index in [0.717, 1.165) is 11.3 Å². The monoisotopic (exact) mass is 427 g/mol. The highest BCUT2D eigenvalue weighted by molar-refractivity contribution is 7.94. The molecule has 0 fully saturated rings. The van der Waals surface area contributed by atoms with E-state index in [1.165, 1.54) is 17.7 Å². The predicted molar refractivity (Wildman–Crippen MR) is 110 cm³/mol. The molecule has 3 aromatic heterocycles. The van der Waals surface area contributed by atoms with Crippen LogP contribution < -0.4 is 9.46 Å². The van der Waals surface area contributed by atoms with Crippen molar-refractivity contribution < 1.29 is 13.2 Å². The molecular formula is C19H17N5O3S2. The smallest absolute Gasteiger partial charge is 0.271 e. The maximum absolute atomic E-state index is 12.5. The van der Waals surface area contributed by atoms with E-state index < -0.39 is 10.0 Å². The van der Waals surface area contributed by atoms with Crippen molar-refractivity contribution in [2.45, 2.75) is 17.6 Å². The maximum atomic E-state index is 12.5. The van der Waals surface area contributed by atoms with Crippen molar-refractivity contribution in [3.05, 3.63) is 72.1 Å². The SMILES string of the molecule is CCc1ccc(S(=O)(=O)Nc2ccc(Oc3cc(-n4cccn4)ncn3)cc2)s1. The number of nitrogens with zero attached hydrogens (tertiary/aromatic N) is 4. The summed E-state index contributed by atoms with van der Waals surface area (Å²) in [5.74, 6) is 1.44. The van der Waals surface area contributed by atoms with Gasteiger partial charge in [0.05, 0.1) is 0 Å². The molecule has 4 rings (SSSR count). The van der Waals surface area contributed by atoms with Crippen LogP contribution in [0.1, 0.15) is 11.8 Å². The molecule has 3 heterocycles. The van der Waals surface area contributed by atoms with Gasteiger partial charge in [0, 0.05) is 29.0 Å². The first-order valence-corrected chi connectivity index (χ1v) is 11.0. The molecule has 29 heavy (non-hydrogen) atoms. The molecule has 148 valence electrons. The lowest BCUT2D eigenvalue weighted by Crippen LogP contribution is -2.11. The molecule has 0 radical (unpaired) electrons. The van der Waals surface area contributed by atoms with Crippen molar-refractivity contribution in [2.24, 2.45) is 0 Å². The number of aromatic nitrogens is 4. The Bertz CT molecular complexity index is 1200. The van der Waals surface area contributed by atoms with Gasteiger partial charge >= 0.3 is 0 Å². The van der Waals surface area contributed by atoms with E-state index in [0.29, 0.717) is 27.3 Å². The number of benzene rings is 1. The average Bonchev–Trinajstić information content (AvgIpc) is 3.42. The summed E-state index contributed by atoms with van der Waals surface area (Å²) in [4.78, 5) is 9.26. The summed E-state index contributed by atoms with van der Waals surface area (Å²) in [7, 11) is -3.61. The summed E-state index contributed by atoms with van der Waals surface area (Å²) < 4.78 is 35.2. The number of hydrogen-bond donors (Lipinski definition) is 1. The zero-order valence-electron chi connectivity index (χ0n) is 15.4. The first-order valence-electron chi connectivity index (χ1n) is 8.75. The number of nitrogens with one attached hydrogen (secondary N) is 1. The molecule has 0 aliphatic rings. The Balaban J connectivity index is 1.46. The Labute approximate surface area is 171 Å². The third-order valence-electron chi connectivity index (χ3n) is 3.95. The van der Waals surface area contributed by atoms with Gasteiger partial charge in [0.2, 0.25) is 5.88 Å². The molecule has 10 heteroatoms. The van der Waals surface area contributed by atoms with Gasteiger partial charge in [-0.2, -0.15) is 5.10 Å². The van der Waals surface area contributed by atoms with Crippen LogP contribution in [0.5, 0.6) is 11.6 Å². The van der Waals surface area contributed by atoms with Gasteiger partial charge in [-0.1, -0.05) is 6.92 Å². The Morgan fingerprint density at radius 3 is 2.66 bits per heavy atom. The predicted octanol–water partition coefficient (Wildman–Crippen LogP) is 3.88. The minimum absolute atomic E-state index is 0.293. The van der Waals surface area contributed by atoms with Crippen molar-refractivity contribution in [2.75, 3.05) is 4.72 Å². The number of anilines is 1. The van der Waals surface area contributed by atoms with E-state index in [1.807, 2.05) is 13.0 Å². The highest BCUT2D eigenvalue weighted by atomic mass is 32.2. The van der Waals surface area contributed by atoms with Crippen LogP contribution in [0, 0.1) is 0 Å². The van der Waals surface area contributed by atoms with Gasteiger partial charge in [-0.25, -0.2) is 23.1 Å². The Morgan fingerprint density at radius 2 is 1.97 bits per heavy atom. The van der Waals surface area contributed by atoms with Gasteiger partial charge < -0.3 is 4.74 Å². The third kappa shape index (κ3) is 4.44. The van der Waals surface area contributed by atoms with Gasteiger partial charge in [-0.05, 0) is 48.9 Å². The molecule has 0 aliphatic heterocycles. The number of rotatable bonds is 7. The fraction of sp³-hybridized carbons (Fsp3) is 0.105. The van der Waals surface area contributed by atoms with Gasteiger partial charge in [-0.15, -0.1) is 11.3 Å². The van der Waals surface area contributed by atoms with E-state index in [4.69, 9.17) is 4.74 Å². The lowest BCUT2D eigenvalue weighted by Gasteiger charge is -2.09. The van der Waals surface area contributed by atoms with E-state index in [-0.39, 0.29) is 0 Å². The van der Waals surface area contributed by atoms with E-state index in [1.54, 1.807) is 59.5 Å². The number of aryl methyl sites for hydroxylation is 1. The molecule has 0 aliphatic carbocycles. The fourth-order valence-electron chi connectivity index (χ4n) is 2.53. The van der Waals surface area contributed by atoms with Crippen molar-refractivity contribution in [3.63, 3.8) is 0 Å². The number of ether oxygens (including phenoxy) is 1. The molecule has 8 nitrogen and oxygen atoms in total.